The zero-order chi connectivity index (χ0) is 21.3. The van der Waals surface area contributed by atoms with Gasteiger partial charge in [0.2, 0.25) is 0 Å². The Hall–Kier alpha value is -3.81. The molecule has 4 rings (SSSR count). The van der Waals surface area contributed by atoms with Crippen molar-refractivity contribution in [3.8, 4) is 17.0 Å². The van der Waals surface area contributed by atoms with E-state index in [4.69, 9.17) is 4.74 Å². The number of hydrogen-bond acceptors (Lipinski definition) is 4. The number of amides is 1. The van der Waals surface area contributed by atoms with Crippen LogP contribution in [0.5, 0.6) is 5.75 Å². The second kappa shape index (κ2) is 7.90. The molecule has 0 aliphatic heterocycles. The van der Waals surface area contributed by atoms with Crippen molar-refractivity contribution in [1.82, 2.24) is 20.1 Å². The molecule has 0 unspecified atom stereocenters. The van der Waals surface area contributed by atoms with Gasteiger partial charge in [0.25, 0.3) is 5.91 Å². The summed E-state index contributed by atoms with van der Waals surface area (Å²) in [6.07, 6.45) is 1.56. The minimum absolute atomic E-state index is 0.0765. The summed E-state index contributed by atoms with van der Waals surface area (Å²) < 4.78 is 33.7. The number of hydrogen-bond donors (Lipinski definition) is 1. The summed E-state index contributed by atoms with van der Waals surface area (Å²) in [5.41, 5.74) is 2.49. The smallest absolute Gasteiger partial charge is 0.252 e. The molecule has 152 valence electrons. The quantitative estimate of drug-likeness (QED) is 0.545. The van der Waals surface area contributed by atoms with E-state index < -0.39 is 17.5 Å². The molecule has 0 aliphatic rings. The Balaban J connectivity index is 1.68. The lowest BCUT2D eigenvalue weighted by Crippen LogP contribution is -2.23. The lowest BCUT2D eigenvalue weighted by Gasteiger charge is -2.10. The highest BCUT2D eigenvalue weighted by atomic mass is 19.1. The SMILES string of the molecule is COc1ccc(-c2cc(C(=O)NCc3ccc(F)cc3F)c3cnn(C)c3n2)cc1. The molecule has 2 aromatic heterocycles. The summed E-state index contributed by atoms with van der Waals surface area (Å²) in [5, 5.41) is 7.46. The van der Waals surface area contributed by atoms with Crippen LogP contribution in [0.1, 0.15) is 15.9 Å². The van der Waals surface area contributed by atoms with Crippen molar-refractivity contribution in [2.45, 2.75) is 6.54 Å². The lowest BCUT2D eigenvalue weighted by molar-refractivity contribution is 0.0952. The third-order valence-electron chi connectivity index (χ3n) is 4.79. The molecule has 0 spiro atoms. The van der Waals surface area contributed by atoms with Gasteiger partial charge in [-0.1, -0.05) is 6.07 Å². The summed E-state index contributed by atoms with van der Waals surface area (Å²) in [5.74, 6) is -1.08. The molecule has 0 bridgehead atoms. The zero-order valence-electron chi connectivity index (χ0n) is 16.3. The van der Waals surface area contributed by atoms with Crippen molar-refractivity contribution in [3.63, 3.8) is 0 Å². The molecule has 30 heavy (non-hydrogen) atoms. The van der Waals surface area contributed by atoms with Crippen LogP contribution in [0.4, 0.5) is 8.78 Å². The fourth-order valence-corrected chi connectivity index (χ4v) is 3.15. The van der Waals surface area contributed by atoms with Gasteiger partial charge in [0, 0.05) is 30.8 Å². The molecular weight excluding hydrogens is 390 g/mol. The van der Waals surface area contributed by atoms with Gasteiger partial charge in [-0.05, 0) is 36.4 Å². The highest BCUT2D eigenvalue weighted by molar-refractivity contribution is 6.06. The first-order valence-corrected chi connectivity index (χ1v) is 9.15. The topological polar surface area (TPSA) is 69.0 Å². The molecule has 0 saturated heterocycles. The Morgan fingerprint density at radius 2 is 1.90 bits per heavy atom. The standard InChI is InChI=1S/C22H18F2N4O2/c1-28-21-18(12-26-28)17(10-20(27-21)13-4-7-16(30-2)8-5-13)22(29)25-11-14-3-6-15(23)9-19(14)24/h3-10,12H,11H2,1-2H3,(H,25,29). The van der Waals surface area contributed by atoms with Crippen molar-refractivity contribution in [1.29, 1.82) is 0 Å². The van der Waals surface area contributed by atoms with E-state index in [1.807, 2.05) is 24.3 Å². The maximum absolute atomic E-state index is 13.9. The number of halogens is 2. The molecule has 0 fully saturated rings. The average Bonchev–Trinajstić information content (AvgIpc) is 3.13. The molecule has 4 aromatic rings. The van der Waals surface area contributed by atoms with Crippen LogP contribution in [0.25, 0.3) is 22.3 Å². The second-order valence-electron chi connectivity index (χ2n) is 6.71. The van der Waals surface area contributed by atoms with Crippen LogP contribution >= 0.6 is 0 Å². The number of methoxy groups -OCH3 is 1. The van der Waals surface area contributed by atoms with E-state index in [1.165, 1.54) is 6.07 Å². The van der Waals surface area contributed by atoms with Crippen molar-refractivity contribution in [2.24, 2.45) is 7.05 Å². The van der Waals surface area contributed by atoms with Crippen LogP contribution in [-0.2, 0) is 13.6 Å². The number of aromatic nitrogens is 3. The molecule has 0 atom stereocenters. The van der Waals surface area contributed by atoms with Crippen LogP contribution < -0.4 is 10.1 Å². The predicted octanol–water partition coefficient (Wildman–Crippen LogP) is 3.85. The van der Waals surface area contributed by atoms with Crippen LogP contribution in [0.15, 0.2) is 54.7 Å². The Bertz CT molecular complexity index is 1240. The van der Waals surface area contributed by atoms with Crippen LogP contribution in [0.3, 0.4) is 0 Å². The van der Waals surface area contributed by atoms with E-state index in [-0.39, 0.29) is 12.1 Å². The average molecular weight is 408 g/mol. The van der Waals surface area contributed by atoms with Gasteiger partial charge in [-0.3, -0.25) is 9.48 Å². The summed E-state index contributed by atoms with van der Waals surface area (Å²) in [6, 6.07) is 12.2. The van der Waals surface area contributed by atoms with E-state index in [2.05, 4.69) is 15.4 Å². The summed E-state index contributed by atoms with van der Waals surface area (Å²) >= 11 is 0. The van der Waals surface area contributed by atoms with E-state index >= 15 is 0 Å². The van der Waals surface area contributed by atoms with Crippen LogP contribution in [0, 0.1) is 11.6 Å². The van der Waals surface area contributed by atoms with Gasteiger partial charge >= 0.3 is 0 Å². The first-order valence-electron chi connectivity index (χ1n) is 9.15. The molecular formula is C22H18F2N4O2. The summed E-state index contributed by atoms with van der Waals surface area (Å²) in [4.78, 5) is 17.5. The Kier molecular flexibility index (Phi) is 5.14. The maximum atomic E-state index is 13.9. The monoisotopic (exact) mass is 408 g/mol. The van der Waals surface area contributed by atoms with E-state index in [0.717, 1.165) is 17.7 Å². The normalized spacial score (nSPS) is 10.9. The number of carbonyl (C=O) groups is 1. The fraction of sp³-hybridized carbons (Fsp3) is 0.136. The van der Waals surface area contributed by atoms with Crippen molar-refractivity contribution < 1.29 is 18.3 Å². The molecule has 6 nitrogen and oxygen atoms in total. The first-order chi connectivity index (χ1) is 14.5. The Labute approximate surface area is 171 Å². The Morgan fingerprint density at radius 1 is 1.13 bits per heavy atom. The number of ether oxygens (including phenoxy) is 1. The molecule has 0 saturated carbocycles. The molecule has 1 N–H and O–H groups in total. The number of fused-ring (bicyclic) bond motifs is 1. The van der Waals surface area contributed by atoms with Gasteiger partial charge in [-0.15, -0.1) is 0 Å². The third-order valence-corrected chi connectivity index (χ3v) is 4.79. The number of aryl methyl sites for hydroxylation is 1. The largest absolute Gasteiger partial charge is 0.497 e. The number of benzene rings is 2. The third kappa shape index (κ3) is 3.71. The van der Waals surface area contributed by atoms with Crippen molar-refractivity contribution in [3.05, 3.63) is 77.5 Å². The van der Waals surface area contributed by atoms with Crippen LogP contribution in [-0.4, -0.2) is 27.8 Å². The number of pyridine rings is 1. The van der Waals surface area contributed by atoms with Gasteiger partial charge in [0.05, 0.1) is 30.0 Å². The van der Waals surface area contributed by atoms with Gasteiger partial charge < -0.3 is 10.1 Å². The molecule has 0 aliphatic carbocycles. The van der Waals surface area contributed by atoms with Gasteiger partial charge in [-0.2, -0.15) is 5.10 Å². The minimum atomic E-state index is -0.713. The molecule has 0 radical (unpaired) electrons. The zero-order valence-corrected chi connectivity index (χ0v) is 16.3. The number of rotatable bonds is 5. The highest BCUT2D eigenvalue weighted by Gasteiger charge is 2.17. The fourth-order valence-electron chi connectivity index (χ4n) is 3.15. The second-order valence-corrected chi connectivity index (χ2v) is 6.71. The number of carbonyl (C=O) groups excluding carboxylic acids is 1. The molecule has 2 aromatic carbocycles. The summed E-state index contributed by atoms with van der Waals surface area (Å²) in [7, 11) is 3.32. The minimum Gasteiger partial charge on any atom is -0.497 e. The van der Waals surface area contributed by atoms with Gasteiger partial charge in [0.1, 0.15) is 17.4 Å². The predicted molar refractivity (Wildman–Crippen MR) is 108 cm³/mol. The van der Waals surface area contributed by atoms with Crippen molar-refractivity contribution in [2.75, 3.05) is 7.11 Å². The summed E-state index contributed by atoms with van der Waals surface area (Å²) in [6.45, 7) is -0.0765. The van der Waals surface area contributed by atoms with Crippen molar-refractivity contribution >= 4 is 16.9 Å². The number of nitrogens with one attached hydrogen (secondary N) is 1. The molecule has 8 heteroatoms. The Morgan fingerprint density at radius 3 is 2.60 bits per heavy atom. The van der Waals surface area contributed by atoms with Crippen LogP contribution in [0.2, 0.25) is 0 Å². The highest BCUT2D eigenvalue weighted by Crippen LogP contribution is 2.26. The van der Waals surface area contributed by atoms with E-state index in [9.17, 15) is 13.6 Å². The van der Waals surface area contributed by atoms with Gasteiger partial charge in [0.15, 0.2) is 5.65 Å². The molecule has 2 heterocycles. The van der Waals surface area contributed by atoms with E-state index in [0.29, 0.717) is 28.0 Å². The number of nitrogens with zero attached hydrogens (tertiary/aromatic N) is 3. The van der Waals surface area contributed by atoms with E-state index in [1.54, 1.807) is 31.1 Å². The maximum Gasteiger partial charge on any atom is 0.252 e. The van der Waals surface area contributed by atoms with Gasteiger partial charge in [-0.25, -0.2) is 13.8 Å². The molecule has 1 amide bonds. The lowest BCUT2D eigenvalue weighted by atomic mass is 10.1. The first kappa shape index (κ1) is 19.5.